The SMILES string of the molecule is Cn1ccc(NC(=O)c2cc3sccc3n2C2CCCC2)n1. The highest BCUT2D eigenvalue weighted by Gasteiger charge is 2.25. The summed E-state index contributed by atoms with van der Waals surface area (Å²) in [6, 6.07) is 6.38. The van der Waals surface area contributed by atoms with Crippen LogP contribution in [0.5, 0.6) is 0 Å². The van der Waals surface area contributed by atoms with Crippen molar-refractivity contribution in [1.29, 1.82) is 0 Å². The lowest BCUT2D eigenvalue weighted by molar-refractivity contribution is 0.101. The number of thiophene rings is 1. The van der Waals surface area contributed by atoms with Crippen molar-refractivity contribution in [2.75, 3.05) is 5.32 Å². The van der Waals surface area contributed by atoms with E-state index in [1.807, 2.05) is 25.4 Å². The molecule has 0 aromatic carbocycles. The van der Waals surface area contributed by atoms with Gasteiger partial charge >= 0.3 is 0 Å². The molecule has 22 heavy (non-hydrogen) atoms. The Labute approximate surface area is 132 Å². The quantitative estimate of drug-likeness (QED) is 0.799. The predicted octanol–water partition coefficient (Wildman–Crippen LogP) is 3.80. The van der Waals surface area contributed by atoms with E-state index in [2.05, 4.69) is 26.4 Å². The Balaban J connectivity index is 1.72. The molecule has 0 unspecified atom stereocenters. The molecule has 1 aliphatic rings. The summed E-state index contributed by atoms with van der Waals surface area (Å²) >= 11 is 1.69. The van der Waals surface area contributed by atoms with Crippen LogP contribution < -0.4 is 5.32 Å². The van der Waals surface area contributed by atoms with Crippen LogP contribution in [0.25, 0.3) is 10.2 Å². The molecule has 0 spiro atoms. The second kappa shape index (κ2) is 5.28. The Morgan fingerprint density at radius 1 is 1.36 bits per heavy atom. The van der Waals surface area contributed by atoms with Crippen LogP contribution in [0.2, 0.25) is 0 Å². The maximum atomic E-state index is 12.7. The molecule has 5 nitrogen and oxygen atoms in total. The third-order valence-electron chi connectivity index (χ3n) is 4.34. The van der Waals surface area contributed by atoms with Crippen LogP contribution in [0.4, 0.5) is 5.82 Å². The Morgan fingerprint density at radius 3 is 2.91 bits per heavy atom. The highest BCUT2D eigenvalue weighted by atomic mass is 32.1. The number of anilines is 1. The molecule has 1 N–H and O–H groups in total. The van der Waals surface area contributed by atoms with Gasteiger partial charge in [0, 0.05) is 25.4 Å². The molecule has 0 radical (unpaired) electrons. The molecule has 1 fully saturated rings. The van der Waals surface area contributed by atoms with E-state index in [1.54, 1.807) is 16.0 Å². The van der Waals surface area contributed by atoms with Gasteiger partial charge in [-0.15, -0.1) is 11.3 Å². The number of aromatic nitrogens is 3. The van der Waals surface area contributed by atoms with E-state index in [9.17, 15) is 4.79 Å². The molecule has 3 heterocycles. The van der Waals surface area contributed by atoms with Gasteiger partial charge in [-0.3, -0.25) is 9.48 Å². The number of nitrogens with zero attached hydrogens (tertiary/aromatic N) is 3. The average Bonchev–Trinajstić information content (AvgIpc) is 3.20. The number of hydrogen-bond acceptors (Lipinski definition) is 3. The van der Waals surface area contributed by atoms with Crippen LogP contribution in [-0.2, 0) is 7.05 Å². The standard InChI is InChI=1S/C16H18N4OS/c1-19-8-6-15(18-19)17-16(21)13-10-14-12(7-9-22-14)20(13)11-4-2-3-5-11/h6-11H,2-5H2,1H3,(H,17,18,21). The number of nitrogens with one attached hydrogen (secondary N) is 1. The fourth-order valence-corrected chi connectivity index (χ4v) is 4.15. The number of rotatable bonds is 3. The van der Waals surface area contributed by atoms with Crippen LogP contribution in [-0.4, -0.2) is 20.3 Å². The van der Waals surface area contributed by atoms with Crippen molar-refractivity contribution >= 4 is 33.3 Å². The van der Waals surface area contributed by atoms with E-state index in [0.29, 0.717) is 11.9 Å². The minimum Gasteiger partial charge on any atom is -0.333 e. The molecular formula is C16H18N4OS. The van der Waals surface area contributed by atoms with E-state index >= 15 is 0 Å². The normalized spacial score (nSPS) is 15.7. The molecule has 3 aromatic heterocycles. The summed E-state index contributed by atoms with van der Waals surface area (Å²) in [4.78, 5) is 12.7. The van der Waals surface area contributed by atoms with Gasteiger partial charge in [0.25, 0.3) is 5.91 Å². The molecule has 0 bridgehead atoms. The number of fused-ring (bicyclic) bond motifs is 1. The maximum Gasteiger partial charge on any atom is 0.273 e. The number of hydrogen-bond donors (Lipinski definition) is 1. The molecule has 0 saturated heterocycles. The molecule has 1 aliphatic carbocycles. The summed E-state index contributed by atoms with van der Waals surface area (Å²) in [6.07, 6.45) is 6.63. The maximum absolute atomic E-state index is 12.7. The lowest BCUT2D eigenvalue weighted by Crippen LogP contribution is -2.19. The first-order chi connectivity index (χ1) is 10.7. The van der Waals surface area contributed by atoms with Crippen LogP contribution in [0.3, 0.4) is 0 Å². The Morgan fingerprint density at radius 2 is 2.18 bits per heavy atom. The van der Waals surface area contributed by atoms with Gasteiger partial charge in [0.2, 0.25) is 0 Å². The Bertz CT molecular complexity index is 822. The number of amides is 1. The molecular weight excluding hydrogens is 296 g/mol. The molecule has 0 aliphatic heterocycles. The first-order valence-corrected chi connectivity index (χ1v) is 8.50. The lowest BCUT2D eigenvalue weighted by Gasteiger charge is -2.16. The van der Waals surface area contributed by atoms with Gasteiger partial charge in [-0.1, -0.05) is 12.8 Å². The fraction of sp³-hybridized carbons (Fsp3) is 0.375. The molecule has 6 heteroatoms. The highest BCUT2D eigenvalue weighted by molar-refractivity contribution is 7.17. The predicted molar refractivity (Wildman–Crippen MR) is 88.5 cm³/mol. The average molecular weight is 314 g/mol. The molecule has 114 valence electrons. The number of carbonyl (C=O) groups excluding carboxylic acids is 1. The smallest absolute Gasteiger partial charge is 0.273 e. The van der Waals surface area contributed by atoms with Crippen molar-refractivity contribution in [2.45, 2.75) is 31.7 Å². The van der Waals surface area contributed by atoms with Crippen LogP contribution in [0.1, 0.15) is 42.2 Å². The van der Waals surface area contributed by atoms with Crippen molar-refractivity contribution in [2.24, 2.45) is 7.05 Å². The monoisotopic (exact) mass is 314 g/mol. The Hall–Kier alpha value is -2.08. The van der Waals surface area contributed by atoms with E-state index in [1.165, 1.54) is 23.1 Å². The van der Waals surface area contributed by atoms with Gasteiger partial charge in [0.05, 0.1) is 10.2 Å². The van der Waals surface area contributed by atoms with Gasteiger partial charge in [0.15, 0.2) is 5.82 Å². The summed E-state index contributed by atoms with van der Waals surface area (Å²) in [5, 5.41) is 9.22. The third-order valence-corrected chi connectivity index (χ3v) is 5.19. The molecule has 4 rings (SSSR count). The zero-order chi connectivity index (χ0) is 15.1. The fourth-order valence-electron chi connectivity index (χ4n) is 3.34. The van der Waals surface area contributed by atoms with Gasteiger partial charge in [-0.25, -0.2) is 0 Å². The summed E-state index contributed by atoms with van der Waals surface area (Å²) < 4.78 is 5.10. The molecule has 3 aromatic rings. The van der Waals surface area contributed by atoms with Gasteiger partial charge in [-0.2, -0.15) is 5.10 Å². The summed E-state index contributed by atoms with van der Waals surface area (Å²) in [5.74, 6) is 0.518. The van der Waals surface area contributed by atoms with E-state index in [4.69, 9.17) is 0 Å². The first kappa shape index (κ1) is 13.6. The second-order valence-electron chi connectivity index (χ2n) is 5.84. The molecule has 0 atom stereocenters. The van der Waals surface area contributed by atoms with Gasteiger partial charge < -0.3 is 9.88 Å². The van der Waals surface area contributed by atoms with Crippen molar-refractivity contribution in [3.63, 3.8) is 0 Å². The molecule has 1 amide bonds. The highest BCUT2D eigenvalue weighted by Crippen LogP contribution is 2.36. The van der Waals surface area contributed by atoms with Crippen LogP contribution in [0, 0.1) is 0 Å². The number of carbonyl (C=O) groups is 1. The Kier molecular flexibility index (Phi) is 3.26. The zero-order valence-corrected chi connectivity index (χ0v) is 13.3. The van der Waals surface area contributed by atoms with E-state index in [-0.39, 0.29) is 5.91 Å². The zero-order valence-electron chi connectivity index (χ0n) is 12.5. The van der Waals surface area contributed by atoms with Crippen molar-refractivity contribution in [3.05, 3.63) is 35.5 Å². The second-order valence-corrected chi connectivity index (χ2v) is 6.78. The summed E-state index contributed by atoms with van der Waals surface area (Å²) in [6.45, 7) is 0. The summed E-state index contributed by atoms with van der Waals surface area (Å²) in [5.41, 5.74) is 1.93. The minimum absolute atomic E-state index is 0.0750. The largest absolute Gasteiger partial charge is 0.333 e. The molecule has 1 saturated carbocycles. The van der Waals surface area contributed by atoms with Crippen LogP contribution in [0.15, 0.2) is 29.8 Å². The van der Waals surface area contributed by atoms with E-state index in [0.717, 1.165) is 18.5 Å². The topological polar surface area (TPSA) is 51.9 Å². The first-order valence-electron chi connectivity index (χ1n) is 7.62. The van der Waals surface area contributed by atoms with Crippen molar-refractivity contribution < 1.29 is 4.79 Å². The van der Waals surface area contributed by atoms with E-state index < -0.39 is 0 Å². The van der Waals surface area contributed by atoms with Crippen molar-refractivity contribution in [3.8, 4) is 0 Å². The van der Waals surface area contributed by atoms with Gasteiger partial charge in [-0.05, 0) is 30.4 Å². The van der Waals surface area contributed by atoms with Crippen molar-refractivity contribution in [1.82, 2.24) is 14.3 Å². The lowest BCUT2D eigenvalue weighted by atomic mass is 10.2. The van der Waals surface area contributed by atoms with Gasteiger partial charge in [0.1, 0.15) is 5.69 Å². The van der Waals surface area contributed by atoms with Crippen LogP contribution >= 0.6 is 11.3 Å². The summed E-state index contributed by atoms with van der Waals surface area (Å²) in [7, 11) is 1.84. The number of aryl methyl sites for hydroxylation is 1. The minimum atomic E-state index is -0.0750. The third kappa shape index (κ3) is 2.23.